The van der Waals surface area contributed by atoms with Gasteiger partial charge in [0.05, 0.1) is 0 Å². The van der Waals surface area contributed by atoms with Crippen LogP contribution in [0.4, 0.5) is 17.1 Å². The molecule has 0 aliphatic heterocycles. The SMILES string of the molecule is c1ccc(-c2cccc3c2oc2ccc(-c4ccc(N(c5ccc(-c6ccc7c(ccc8ccccc87)c6)cc5)c5ccc(-c6cccc7c6oc6ccccc67)cc5)cc4)cc23)cc1. The molecule has 0 spiro atoms. The van der Waals surface area contributed by atoms with Crippen LogP contribution in [0.3, 0.4) is 0 Å². The van der Waals surface area contributed by atoms with Gasteiger partial charge in [-0.15, -0.1) is 0 Å². The first-order chi connectivity index (χ1) is 32.2. The Morgan fingerprint density at radius 2 is 0.708 bits per heavy atom. The molecule has 0 bridgehead atoms. The summed E-state index contributed by atoms with van der Waals surface area (Å²) in [5.41, 5.74) is 15.9. The largest absolute Gasteiger partial charge is 0.455 e. The van der Waals surface area contributed by atoms with Crippen LogP contribution in [0, 0.1) is 0 Å². The smallest absolute Gasteiger partial charge is 0.143 e. The molecule has 0 aliphatic carbocycles. The Hall–Kier alpha value is -8.66. The Labute approximate surface area is 375 Å². The summed E-state index contributed by atoms with van der Waals surface area (Å²) in [6.45, 7) is 0. The summed E-state index contributed by atoms with van der Waals surface area (Å²) < 4.78 is 12.9. The fourth-order valence-corrected chi connectivity index (χ4v) is 9.83. The topological polar surface area (TPSA) is 29.5 Å². The van der Waals surface area contributed by atoms with Crippen molar-refractivity contribution in [3.05, 3.63) is 237 Å². The van der Waals surface area contributed by atoms with Crippen molar-refractivity contribution in [1.82, 2.24) is 0 Å². The van der Waals surface area contributed by atoms with Gasteiger partial charge in [-0.1, -0.05) is 176 Å². The van der Waals surface area contributed by atoms with Crippen molar-refractivity contribution in [2.45, 2.75) is 0 Å². The first kappa shape index (κ1) is 36.9. The Bertz CT molecular complexity index is 3920. The number of para-hydroxylation sites is 3. The minimum atomic E-state index is 0.885. The number of nitrogens with zero attached hydrogens (tertiary/aromatic N) is 1. The van der Waals surface area contributed by atoms with Gasteiger partial charge in [-0.2, -0.15) is 0 Å². The molecule has 304 valence electrons. The maximum Gasteiger partial charge on any atom is 0.143 e. The third-order valence-corrected chi connectivity index (χ3v) is 13.1. The lowest BCUT2D eigenvalue weighted by Crippen LogP contribution is -2.09. The lowest BCUT2D eigenvalue weighted by molar-refractivity contribution is 0.669. The second-order valence-corrected chi connectivity index (χ2v) is 16.8. The van der Waals surface area contributed by atoms with Crippen molar-refractivity contribution in [2.75, 3.05) is 4.90 Å². The van der Waals surface area contributed by atoms with Crippen molar-refractivity contribution in [1.29, 1.82) is 0 Å². The standard InChI is InChI=1S/C62H39NO2/c1-2-10-42(11-3-1)53-15-9-18-57-58-39-46(29-37-60(58)65-62(53)57)41-24-32-49(33-25-41)63(50-34-26-44(27-35-50)54-16-8-17-56-55-14-6-7-19-59(55)64-61(54)56)48-30-22-40(23-31-48)45-28-36-52-47(38-45)21-20-43-12-4-5-13-51(43)52/h1-39H. The van der Waals surface area contributed by atoms with Gasteiger partial charge in [-0.25, -0.2) is 0 Å². The number of hydrogen-bond donors (Lipinski definition) is 0. The van der Waals surface area contributed by atoms with Gasteiger partial charge in [0.1, 0.15) is 22.3 Å². The highest BCUT2D eigenvalue weighted by atomic mass is 16.3. The summed E-state index contributed by atoms with van der Waals surface area (Å²) in [4.78, 5) is 2.34. The molecule has 65 heavy (non-hydrogen) atoms. The molecule has 3 heteroatoms. The van der Waals surface area contributed by atoms with Gasteiger partial charge >= 0.3 is 0 Å². The summed E-state index contributed by atoms with van der Waals surface area (Å²) in [6.07, 6.45) is 0. The Kier molecular flexibility index (Phi) is 8.53. The average molecular weight is 830 g/mol. The highest BCUT2D eigenvalue weighted by molar-refractivity contribution is 6.12. The highest BCUT2D eigenvalue weighted by Gasteiger charge is 2.18. The van der Waals surface area contributed by atoms with E-state index in [4.69, 9.17) is 8.83 Å². The molecule has 0 saturated heterocycles. The minimum absolute atomic E-state index is 0.885. The van der Waals surface area contributed by atoms with Crippen LogP contribution >= 0.6 is 0 Å². The molecule has 13 rings (SSSR count). The van der Waals surface area contributed by atoms with Gasteiger partial charge in [-0.3, -0.25) is 0 Å². The molecule has 0 unspecified atom stereocenters. The lowest BCUT2D eigenvalue weighted by Gasteiger charge is -2.26. The van der Waals surface area contributed by atoms with E-state index in [1.54, 1.807) is 0 Å². The van der Waals surface area contributed by atoms with E-state index >= 15 is 0 Å². The molecule has 0 N–H and O–H groups in total. The molecule has 13 aromatic rings. The molecular weight excluding hydrogens is 791 g/mol. The Morgan fingerprint density at radius 3 is 1.38 bits per heavy atom. The molecule has 0 aliphatic rings. The van der Waals surface area contributed by atoms with Gasteiger partial charge in [0.15, 0.2) is 0 Å². The number of rotatable bonds is 7. The van der Waals surface area contributed by atoms with Gasteiger partial charge in [0, 0.05) is 49.7 Å². The zero-order valence-electron chi connectivity index (χ0n) is 35.3. The molecule has 0 saturated carbocycles. The van der Waals surface area contributed by atoms with E-state index in [0.29, 0.717) is 0 Å². The normalized spacial score (nSPS) is 11.7. The van der Waals surface area contributed by atoms with Crippen molar-refractivity contribution < 1.29 is 8.83 Å². The van der Waals surface area contributed by atoms with E-state index in [2.05, 4.69) is 223 Å². The van der Waals surface area contributed by atoms with Gasteiger partial charge in [-0.05, 0) is 116 Å². The van der Waals surface area contributed by atoms with Crippen molar-refractivity contribution in [3.63, 3.8) is 0 Å². The fourth-order valence-electron chi connectivity index (χ4n) is 9.83. The lowest BCUT2D eigenvalue weighted by atomic mass is 9.97. The van der Waals surface area contributed by atoms with E-state index in [-0.39, 0.29) is 0 Å². The molecule has 0 fully saturated rings. The quantitative estimate of drug-likeness (QED) is 0.150. The molecule has 0 radical (unpaired) electrons. The predicted octanol–water partition coefficient (Wildman–Crippen LogP) is 17.9. The van der Waals surface area contributed by atoms with Gasteiger partial charge in [0.2, 0.25) is 0 Å². The number of hydrogen-bond acceptors (Lipinski definition) is 3. The number of furan rings is 2. The van der Waals surface area contributed by atoms with Gasteiger partial charge < -0.3 is 13.7 Å². The molecule has 3 nitrogen and oxygen atoms in total. The van der Waals surface area contributed by atoms with Crippen LogP contribution in [0.2, 0.25) is 0 Å². The number of benzene rings is 11. The second-order valence-electron chi connectivity index (χ2n) is 16.8. The first-order valence-corrected chi connectivity index (χ1v) is 22.1. The zero-order chi connectivity index (χ0) is 42.8. The summed E-state index contributed by atoms with van der Waals surface area (Å²) in [5, 5.41) is 9.53. The van der Waals surface area contributed by atoms with Crippen LogP contribution < -0.4 is 4.90 Å². The van der Waals surface area contributed by atoms with Crippen LogP contribution in [0.15, 0.2) is 245 Å². The fraction of sp³-hybridized carbons (Fsp3) is 0. The Balaban J connectivity index is 0.876. The predicted molar refractivity (Wildman–Crippen MR) is 272 cm³/mol. The minimum Gasteiger partial charge on any atom is -0.455 e. The molecule has 2 heterocycles. The highest BCUT2D eigenvalue weighted by Crippen LogP contribution is 2.42. The number of anilines is 3. The third-order valence-electron chi connectivity index (χ3n) is 13.1. The molecule has 11 aromatic carbocycles. The number of fused-ring (bicyclic) bond motifs is 9. The molecular formula is C62H39NO2. The first-order valence-electron chi connectivity index (χ1n) is 22.1. The Morgan fingerprint density at radius 1 is 0.246 bits per heavy atom. The van der Waals surface area contributed by atoms with E-state index in [1.165, 1.54) is 32.7 Å². The van der Waals surface area contributed by atoms with E-state index in [9.17, 15) is 0 Å². The summed E-state index contributed by atoms with van der Waals surface area (Å²) >= 11 is 0. The zero-order valence-corrected chi connectivity index (χ0v) is 35.3. The second kappa shape index (κ2) is 15.0. The monoisotopic (exact) mass is 829 g/mol. The van der Waals surface area contributed by atoms with Crippen molar-refractivity contribution in [2.24, 2.45) is 0 Å². The van der Waals surface area contributed by atoms with Crippen LogP contribution in [-0.4, -0.2) is 0 Å². The van der Waals surface area contributed by atoms with E-state index < -0.39 is 0 Å². The molecule has 0 atom stereocenters. The van der Waals surface area contributed by atoms with Crippen LogP contribution in [0.1, 0.15) is 0 Å². The maximum absolute atomic E-state index is 6.51. The summed E-state index contributed by atoms with van der Waals surface area (Å²) in [5.74, 6) is 0. The molecule has 2 aromatic heterocycles. The van der Waals surface area contributed by atoms with Crippen LogP contribution in [-0.2, 0) is 0 Å². The van der Waals surface area contributed by atoms with Gasteiger partial charge in [0.25, 0.3) is 0 Å². The average Bonchev–Trinajstić information content (AvgIpc) is 3.96. The van der Waals surface area contributed by atoms with Crippen LogP contribution in [0.25, 0.3) is 110 Å². The third kappa shape index (κ3) is 6.28. The molecule has 0 amide bonds. The van der Waals surface area contributed by atoms with Crippen molar-refractivity contribution in [3.8, 4) is 44.5 Å². The summed E-state index contributed by atoms with van der Waals surface area (Å²) in [6, 6.07) is 84.6. The van der Waals surface area contributed by atoms with E-state index in [1.807, 2.05) is 18.2 Å². The van der Waals surface area contributed by atoms with E-state index in [0.717, 1.165) is 94.3 Å². The van der Waals surface area contributed by atoms with Crippen LogP contribution in [0.5, 0.6) is 0 Å². The van der Waals surface area contributed by atoms with Crippen molar-refractivity contribution >= 4 is 82.5 Å². The maximum atomic E-state index is 6.51. The summed E-state index contributed by atoms with van der Waals surface area (Å²) in [7, 11) is 0.